The second kappa shape index (κ2) is 8.59. The number of nitrogens with zero attached hydrogens (tertiary/aromatic N) is 2. The Morgan fingerprint density at radius 2 is 2.13 bits per heavy atom. The zero-order chi connectivity index (χ0) is 16.7. The second-order valence-corrected chi connectivity index (χ2v) is 6.31. The number of likely N-dealkylation sites (N-methyl/N-ethyl adjacent to an activating group) is 1. The van der Waals surface area contributed by atoms with E-state index in [1.165, 1.54) is 5.56 Å². The Hall–Kier alpha value is -1.99. The lowest BCUT2D eigenvalue weighted by Gasteiger charge is -2.16. The first-order valence-electron chi connectivity index (χ1n) is 7.52. The van der Waals surface area contributed by atoms with E-state index in [0.29, 0.717) is 18.8 Å². The monoisotopic (exact) mass is 335 g/mol. The van der Waals surface area contributed by atoms with Gasteiger partial charge in [-0.25, -0.2) is 0 Å². The molecule has 0 spiro atoms. The summed E-state index contributed by atoms with van der Waals surface area (Å²) in [6.07, 6.45) is 4.58. The third kappa shape index (κ3) is 5.61. The van der Waals surface area contributed by atoms with Crippen molar-refractivity contribution in [3.63, 3.8) is 0 Å². The third-order valence-electron chi connectivity index (χ3n) is 3.38. The van der Waals surface area contributed by atoms with Crippen molar-refractivity contribution in [3.05, 3.63) is 50.3 Å². The van der Waals surface area contributed by atoms with Gasteiger partial charge in [0.2, 0.25) is 0 Å². The van der Waals surface area contributed by atoms with Gasteiger partial charge in [-0.2, -0.15) is 0 Å². The van der Waals surface area contributed by atoms with E-state index in [4.69, 9.17) is 4.74 Å². The van der Waals surface area contributed by atoms with E-state index in [9.17, 15) is 9.59 Å². The van der Waals surface area contributed by atoms with E-state index in [1.807, 2.05) is 19.2 Å². The Kier molecular flexibility index (Phi) is 6.49. The average molecular weight is 335 g/mol. The standard InChI is InChI=1S/C16H21N3O3S/c1-3-22-15(20)10-13-14(23-16(21)18-13)11-19(2)9-6-12-4-7-17-8-5-12/h4-5,7-8H,3,6,9-11H2,1-2H3,(H,18,21). The number of aromatic amines is 1. The Labute approximate surface area is 139 Å². The molecular formula is C16H21N3O3S. The summed E-state index contributed by atoms with van der Waals surface area (Å²) in [5.74, 6) is -0.317. The van der Waals surface area contributed by atoms with Crippen LogP contribution in [0.2, 0.25) is 0 Å². The SMILES string of the molecule is CCOC(=O)Cc1[nH]c(=O)sc1CN(C)CCc1ccncc1. The van der Waals surface area contributed by atoms with Gasteiger partial charge in [-0.3, -0.25) is 14.6 Å². The minimum absolute atomic E-state index is 0.111. The predicted molar refractivity (Wildman–Crippen MR) is 89.6 cm³/mol. The molecule has 0 unspecified atom stereocenters. The van der Waals surface area contributed by atoms with Gasteiger partial charge in [0, 0.05) is 36.1 Å². The normalized spacial score (nSPS) is 10.9. The molecule has 2 aromatic heterocycles. The number of pyridine rings is 1. The molecule has 2 heterocycles. The molecule has 6 nitrogen and oxygen atoms in total. The summed E-state index contributed by atoms with van der Waals surface area (Å²) in [7, 11) is 2.00. The maximum absolute atomic E-state index is 11.6. The van der Waals surface area contributed by atoms with E-state index in [1.54, 1.807) is 19.3 Å². The molecule has 0 aromatic carbocycles. The van der Waals surface area contributed by atoms with Crippen molar-refractivity contribution in [2.45, 2.75) is 26.3 Å². The van der Waals surface area contributed by atoms with Gasteiger partial charge >= 0.3 is 10.8 Å². The minimum Gasteiger partial charge on any atom is -0.466 e. The van der Waals surface area contributed by atoms with Crippen molar-refractivity contribution in [1.82, 2.24) is 14.9 Å². The van der Waals surface area contributed by atoms with Crippen molar-refractivity contribution in [2.75, 3.05) is 20.2 Å². The summed E-state index contributed by atoms with van der Waals surface area (Å²) in [5, 5.41) is 0. The fraction of sp³-hybridized carbons (Fsp3) is 0.438. The molecule has 0 bridgehead atoms. The van der Waals surface area contributed by atoms with Gasteiger partial charge < -0.3 is 14.6 Å². The molecule has 0 amide bonds. The number of aromatic nitrogens is 2. The molecular weight excluding hydrogens is 314 g/mol. The number of hydrogen-bond acceptors (Lipinski definition) is 6. The van der Waals surface area contributed by atoms with Crippen LogP contribution in [0.25, 0.3) is 0 Å². The highest BCUT2D eigenvalue weighted by atomic mass is 32.1. The second-order valence-electron chi connectivity index (χ2n) is 5.24. The van der Waals surface area contributed by atoms with Gasteiger partial charge in [0.15, 0.2) is 0 Å². The first-order valence-corrected chi connectivity index (χ1v) is 8.34. The van der Waals surface area contributed by atoms with Crippen LogP contribution in [0.3, 0.4) is 0 Å². The largest absolute Gasteiger partial charge is 0.466 e. The first-order chi connectivity index (χ1) is 11.1. The highest BCUT2D eigenvalue weighted by molar-refractivity contribution is 7.09. The summed E-state index contributed by atoms with van der Waals surface area (Å²) in [6, 6.07) is 3.99. The maximum Gasteiger partial charge on any atom is 0.311 e. The molecule has 0 aliphatic carbocycles. The molecule has 0 atom stereocenters. The van der Waals surface area contributed by atoms with Gasteiger partial charge in [-0.15, -0.1) is 0 Å². The molecule has 0 saturated carbocycles. The Bertz CT molecular complexity index is 681. The molecule has 124 valence electrons. The molecule has 7 heteroatoms. The fourth-order valence-corrected chi connectivity index (χ4v) is 3.14. The first kappa shape index (κ1) is 17.4. The van der Waals surface area contributed by atoms with Gasteiger partial charge in [0.25, 0.3) is 0 Å². The van der Waals surface area contributed by atoms with Gasteiger partial charge in [-0.05, 0) is 38.1 Å². The van der Waals surface area contributed by atoms with Crippen LogP contribution in [0.1, 0.15) is 23.1 Å². The summed E-state index contributed by atoms with van der Waals surface area (Å²) in [6.45, 7) is 3.59. The van der Waals surface area contributed by atoms with Crippen LogP contribution in [0, 0.1) is 0 Å². The Morgan fingerprint density at radius 1 is 1.39 bits per heavy atom. The van der Waals surface area contributed by atoms with Crippen molar-refractivity contribution >= 4 is 17.3 Å². The number of H-pyrrole nitrogens is 1. The highest BCUT2D eigenvalue weighted by Gasteiger charge is 2.14. The molecule has 0 fully saturated rings. The van der Waals surface area contributed by atoms with E-state index < -0.39 is 0 Å². The van der Waals surface area contributed by atoms with Gasteiger partial charge in [0.1, 0.15) is 0 Å². The topological polar surface area (TPSA) is 75.3 Å². The molecule has 0 radical (unpaired) electrons. The molecule has 0 aliphatic rings. The Morgan fingerprint density at radius 3 is 2.83 bits per heavy atom. The highest BCUT2D eigenvalue weighted by Crippen LogP contribution is 2.13. The smallest absolute Gasteiger partial charge is 0.311 e. The summed E-state index contributed by atoms with van der Waals surface area (Å²) >= 11 is 1.15. The number of thiazole rings is 1. The number of ether oxygens (including phenoxy) is 1. The fourth-order valence-electron chi connectivity index (χ4n) is 2.21. The number of carbonyl (C=O) groups excluding carboxylic acids is 1. The molecule has 0 saturated heterocycles. The lowest BCUT2D eigenvalue weighted by molar-refractivity contribution is -0.142. The number of nitrogens with one attached hydrogen (secondary N) is 1. The molecule has 2 aromatic rings. The minimum atomic E-state index is -0.317. The van der Waals surface area contributed by atoms with Crippen molar-refractivity contribution in [2.24, 2.45) is 0 Å². The summed E-state index contributed by atoms with van der Waals surface area (Å²) in [4.78, 5) is 32.8. The number of carbonyl (C=O) groups is 1. The summed E-state index contributed by atoms with van der Waals surface area (Å²) in [5.41, 5.74) is 1.88. The number of rotatable bonds is 8. The molecule has 1 N–H and O–H groups in total. The van der Waals surface area contributed by atoms with Crippen LogP contribution in [0.4, 0.5) is 0 Å². The zero-order valence-electron chi connectivity index (χ0n) is 13.4. The van der Waals surface area contributed by atoms with Crippen LogP contribution >= 0.6 is 11.3 Å². The van der Waals surface area contributed by atoms with E-state index in [0.717, 1.165) is 29.2 Å². The van der Waals surface area contributed by atoms with Crippen LogP contribution in [-0.4, -0.2) is 41.0 Å². The van der Waals surface area contributed by atoms with E-state index in [-0.39, 0.29) is 17.3 Å². The molecule has 23 heavy (non-hydrogen) atoms. The lowest BCUT2D eigenvalue weighted by atomic mass is 10.2. The predicted octanol–water partition coefficient (Wildman–Crippen LogP) is 1.61. The molecule has 0 aliphatic heterocycles. The van der Waals surface area contributed by atoms with Crippen molar-refractivity contribution in [3.8, 4) is 0 Å². The van der Waals surface area contributed by atoms with Crippen LogP contribution in [-0.2, 0) is 28.9 Å². The van der Waals surface area contributed by atoms with Crippen molar-refractivity contribution < 1.29 is 9.53 Å². The van der Waals surface area contributed by atoms with Gasteiger partial charge in [0.05, 0.1) is 13.0 Å². The van der Waals surface area contributed by atoms with Gasteiger partial charge in [-0.1, -0.05) is 11.3 Å². The van der Waals surface area contributed by atoms with Crippen LogP contribution in [0.5, 0.6) is 0 Å². The third-order valence-corrected chi connectivity index (χ3v) is 4.29. The average Bonchev–Trinajstić information content (AvgIpc) is 2.85. The van der Waals surface area contributed by atoms with Crippen molar-refractivity contribution in [1.29, 1.82) is 0 Å². The quantitative estimate of drug-likeness (QED) is 0.742. The van der Waals surface area contributed by atoms with E-state index >= 15 is 0 Å². The Balaban J connectivity index is 1.93. The summed E-state index contributed by atoms with van der Waals surface area (Å²) < 4.78 is 4.94. The molecule has 2 rings (SSSR count). The number of hydrogen-bond donors (Lipinski definition) is 1. The number of esters is 1. The lowest BCUT2D eigenvalue weighted by Crippen LogP contribution is -2.21. The van der Waals surface area contributed by atoms with Crippen LogP contribution < -0.4 is 4.87 Å². The zero-order valence-corrected chi connectivity index (χ0v) is 14.2. The van der Waals surface area contributed by atoms with E-state index in [2.05, 4.69) is 14.9 Å². The van der Waals surface area contributed by atoms with Crippen LogP contribution in [0.15, 0.2) is 29.3 Å². The maximum atomic E-state index is 11.6.